The summed E-state index contributed by atoms with van der Waals surface area (Å²) in [6.07, 6.45) is 3.24. The molecule has 28 heavy (non-hydrogen) atoms. The van der Waals surface area contributed by atoms with Gasteiger partial charge in [0.05, 0.1) is 19.3 Å². The topological polar surface area (TPSA) is 75.6 Å². The van der Waals surface area contributed by atoms with E-state index in [2.05, 4.69) is 14.7 Å². The molecule has 2 heterocycles. The van der Waals surface area contributed by atoms with Crippen molar-refractivity contribution < 1.29 is 14.3 Å². The zero-order chi connectivity index (χ0) is 20.3. The summed E-state index contributed by atoms with van der Waals surface area (Å²) in [6.45, 7) is 4.79. The van der Waals surface area contributed by atoms with Gasteiger partial charge in [-0.25, -0.2) is 9.78 Å². The van der Waals surface area contributed by atoms with Crippen LogP contribution in [0.15, 0.2) is 24.4 Å². The van der Waals surface area contributed by atoms with Crippen molar-refractivity contribution in [2.75, 3.05) is 23.5 Å². The Bertz CT molecular complexity index is 883. The zero-order valence-electron chi connectivity index (χ0n) is 16.2. The molecule has 3 rings (SSSR count). The number of methoxy groups -OCH3 is 1. The van der Waals surface area contributed by atoms with Gasteiger partial charge in [-0.3, -0.25) is 14.6 Å². The van der Waals surface area contributed by atoms with Crippen molar-refractivity contribution in [2.24, 2.45) is 0 Å². The van der Waals surface area contributed by atoms with Crippen LogP contribution < -0.4 is 9.80 Å². The van der Waals surface area contributed by atoms with E-state index < -0.39 is 0 Å². The molecule has 0 saturated heterocycles. The van der Waals surface area contributed by atoms with E-state index in [0.717, 1.165) is 22.4 Å². The van der Waals surface area contributed by atoms with E-state index in [1.807, 2.05) is 32.0 Å². The van der Waals surface area contributed by atoms with Gasteiger partial charge in [-0.2, -0.15) is 4.98 Å². The number of aryl methyl sites for hydroxylation is 2. The minimum atomic E-state index is -0.257. The lowest BCUT2D eigenvalue weighted by Gasteiger charge is -2.37. The maximum atomic E-state index is 13.3. The number of unbranched alkanes of at least 4 members (excludes halogenated alkanes) is 1. The van der Waals surface area contributed by atoms with Crippen LogP contribution in [-0.4, -0.2) is 35.6 Å². The lowest BCUT2D eigenvalue weighted by molar-refractivity contribution is -0.140. The van der Waals surface area contributed by atoms with Crippen LogP contribution >= 0.6 is 11.6 Å². The quantitative estimate of drug-likeness (QED) is 0.414. The number of rotatable bonds is 6. The number of benzene rings is 1. The van der Waals surface area contributed by atoms with Crippen LogP contribution in [0.1, 0.15) is 36.0 Å². The second kappa shape index (κ2) is 8.56. The molecule has 0 spiro atoms. The summed E-state index contributed by atoms with van der Waals surface area (Å²) >= 11 is 5.98. The maximum absolute atomic E-state index is 13.3. The highest BCUT2D eigenvalue weighted by Gasteiger charge is 2.33. The van der Waals surface area contributed by atoms with Crippen molar-refractivity contribution in [3.05, 3.63) is 46.4 Å². The molecule has 8 heteroatoms. The Morgan fingerprint density at radius 3 is 2.64 bits per heavy atom. The number of urea groups is 1. The third-order valence-electron chi connectivity index (χ3n) is 4.81. The van der Waals surface area contributed by atoms with Crippen LogP contribution in [0, 0.1) is 13.8 Å². The number of nitrogens with zero attached hydrogens (tertiary/aromatic N) is 4. The first-order valence-electron chi connectivity index (χ1n) is 9.16. The standard InChI is InChI=1S/C20H23ClN4O3/c1-13-7-6-8-14(2)17(13)25-12-15-11-22-19(21)23-18(15)24(20(25)27)10-5-4-9-16(26)28-3/h6-8,11H,4-5,9-10,12H2,1-3H3. The molecule has 2 amide bonds. The number of carbonyl (C=O) groups is 2. The van der Waals surface area contributed by atoms with E-state index in [9.17, 15) is 9.59 Å². The van der Waals surface area contributed by atoms with Crippen LogP contribution in [-0.2, 0) is 16.1 Å². The third-order valence-corrected chi connectivity index (χ3v) is 4.99. The lowest BCUT2D eigenvalue weighted by atomic mass is 10.1. The van der Waals surface area contributed by atoms with Gasteiger partial charge in [-0.15, -0.1) is 0 Å². The summed E-state index contributed by atoms with van der Waals surface area (Å²) in [5.74, 6) is 0.276. The minimum absolute atomic E-state index is 0.103. The number of carbonyl (C=O) groups excluding carboxylic acids is 2. The molecule has 1 aliphatic rings. The molecule has 0 unspecified atom stereocenters. The number of aromatic nitrogens is 2. The summed E-state index contributed by atoms with van der Waals surface area (Å²) in [4.78, 5) is 36.4. The number of ether oxygens (including phenoxy) is 1. The Kier molecular flexibility index (Phi) is 6.14. The smallest absolute Gasteiger partial charge is 0.330 e. The van der Waals surface area contributed by atoms with E-state index in [1.165, 1.54) is 7.11 Å². The van der Waals surface area contributed by atoms with Gasteiger partial charge in [0.25, 0.3) is 0 Å². The Hall–Kier alpha value is -2.67. The fraction of sp³-hybridized carbons (Fsp3) is 0.400. The summed E-state index contributed by atoms with van der Waals surface area (Å²) in [6, 6.07) is 5.80. The molecular formula is C20H23ClN4O3. The fourth-order valence-electron chi connectivity index (χ4n) is 3.45. The summed E-state index contributed by atoms with van der Waals surface area (Å²) in [7, 11) is 1.37. The number of halogens is 1. The first-order chi connectivity index (χ1) is 13.4. The molecule has 0 fully saturated rings. The molecule has 0 bridgehead atoms. The molecule has 0 aliphatic carbocycles. The minimum Gasteiger partial charge on any atom is -0.469 e. The molecule has 7 nitrogen and oxygen atoms in total. The number of hydrogen-bond acceptors (Lipinski definition) is 5. The molecule has 0 N–H and O–H groups in total. The van der Waals surface area contributed by atoms with Crippen molar-refractivity contribution in [1.82, 2.24) is 9.97 Å². The maximum Gasteiger partial charge on any atom is 0.330 e. The van der Waals surface area contributed by atoms with Gasteiger partial charge in [0.2, 0.25) is 5.28 Å². The highest BCUT2D eigenvalue weighted by molar-refractivity contribution is 6.28. The Labute approximate surface area is 169 Å². The third kappa shape index (κ3) is 4.09. The highest BCUT2D eigenvalue weighted by Crippen LogP contribution is 2.34. The van der Waals surface area contributed by atoms with E-state index in [4.69, 9.17) is 11.6 Å². The average Bonchev–Trinajstić information content (AvgIpc) is 2.67. The van der Waals surface area contributed by atoms with Gasteiger partial charge < -0.3 is 4.74 Å². The average molecular weight is 403 g/mol. The fourth-order valence-corrected chi connectivity index (χ4v) is 3.57. The van der Waals surface area contributed by atoms with Crippen LogP contribution in [0.4, 0.5) is 16.3 Å². The monoisotopic (exact) mass is 402 g/mol. The van der Waals surface area contributed by atoms with Crippen LogP contribution in [0.5, 0.6) is 0 Å². The van der Waals surface area contributed by atoms with E-state index in [1.54, 1.807) is 16.0 Å². The molecule has 0 radical (unpaired) electrons. The predicted molar refractivity (Wildman–Crippen MR) is 108 cm³/mol. The van der Waals surface area contributed by atoms with Gasteiger partial charge in [0, 0.05) is 24.7 Å². The van der Waals surface area contributed by atoms with Crippen molar-refractivity contribution >= 4 is 35.1 Å². The van der Waals surface area contributed by atoms with E-state index in [-0.39, 0.29) is 17.3 Å². The summed E-state index contributed by atoms with van der Waals surface area (Å²) in [5, 5.41) is 0.103. The number of esters is 1. The Morgan fingerprint density at radius 2 is 1.96 bits per heavy atom. The summed E-state index contributed by atoms with van der Waals surface area (Å²) in [5.41, 5.74) is 3.78. The highest BCUT2D eigenvalue weighted by atomic mass is 35.5. The van der Waals surface area contributed by atoms with Crippen LogP contribution in [0.25, 0.3) is 0 Å². The second-order valence-electron chi connectivity index (χ2n) is 6.78. The van der Waals surface area contributed by atoms with Gasteiger partial charge in [-0.05, 0) is 49.4 Å². The normalized spacial score (nSPS) is 13.5. The first kappa shape index (κ1) is 20.1. The molecule has 0 atom stereocenters. The predicted octanol–water partition coefficient (Wildman–Crippen LogP) is 4.04. The van der Waals surface area contributed by atoms with Crippen LogP contribution in [0.3, 0.4) is 0 Å². The van der Waals surface area contributed by atoms with Crippen molar-refractivity contribution in [3.63, 3.8) is 0 Å². The first-order valence-corrected chi connectivity index (χ1v) is 9.53. The molecule has 2 aromatic rings. The summed E-state index contributed by atoms with van der Waals surface area (Å²) < 4.78 is 4.67. The van der Waals surface area contributed by atoms with Crippen LogP contribution in [0.2, 0.25) is 5.28 Å². The molecule has 1 aliphatic heterocycles. The lowest BCUT2D eigenvalue weighted by Crippen LogP contribution is -2.48. The van der Waals surface area contributed by atoms with E-state index in [0.29, 0.717) is 38.2 Å². The Morgan fingerprint density at radius 1 is 1.25 bits per heavy atom. The van der Waals surface area contributed by atoms with Gasteiger partial charge >= 0.3 is 12.0 Å². The molecule has 0 saturated carbocycles. The Balaban J connectivity index is 1.90. The largest absolute Gasteiger partial charge is 0.469 e. The molecule has 1 aromatic carbocycles. The SMILES string of the molecule is COC(=O)CCCCN1C(=O)N(c2c(C)cccc2C)Cc2cnc(Cl)nc21. The number of para-hydroxylation sites is 1. The number of hydrogen-bond donors (Lipinski definition) is 0. The van der Waals surface area contributed by atoms with Gasteiger partial charge in [0.15, 0.2) is 0 Å². The number of anilines is 2. The molecular weight excluding hydrogens is 380 g/mol. The number of amides is 2. The molecule has 1 aromatic heterocycles. The van der Waals surface area contributed by atoms with Gasteiger partial charge in [-0.1, -0.05) is 18.2 Å². The number of fused-ring (bicyclic) bond motifs is 1. The molecule has 148 valence electrons. The second-order valence-corrected chi connectivity index (χ2v) is 7.12. The zero-order valence-corrected chi connectivity index (χ0v) is 17.0. The van der Waals surface area contributed by atoms with E-state index >= 15 is 0 Å². The van der Waals surface area contributed by atoms with Crippen molar-refractivity contribution in [1.29, 1.82) is 0 Å². The van der Waals surface area contributed by atoms with Crippen molar-refractivity contribution in [2.45, 2.75) is 39.7 Å². The van der Waals surface area contributed by atoms with Crippen molar-refractivity contribution in [3.8, 4) is 0 Å². The van der Waals surface area contributed by atoms with Gasteiger partial charge in [0.1, 0.15) is 5.82 Å².